The van der Waals surface area contributed by atoms with Gasteiger partial charge in [-0.1, -0.05) is 0 Å². The topological polar surface area (TPSA) is 95.9 Å². The zero-order valence-corrected chi connectivity index (χ0v) is 11.7. The molecule has 0 bridgehead atoms. The maximum Gasteiger partial charge on any atom is 0.311 e. The Balaban J connectivity index is 2.11. The van der Waals surface area contributed by atoms with E-state index in [1.165, 1.54) is 11.8 Å². The fourth-order valence-electron chi connectivity index (χ4n) is 3.11. The van der Waals surface area contributed by atoms with Crippen molar-refractivity contribution < 1.29 is 24.2 Å². The van der Waals surface area contributed by atoms with Crippen LogP contribution in [0.5, 0.6) is 0 Å². The van der Waals surface area contributed by atoms with Crippen molar-refractivity contribution in [1.82, 2.24) is 10.2 Å². The molecule has 0 aromatic carbocycles. The average molecular weight is 284 g/mol. The highest BCUT2D eigenvalue weighted by Gasteiger charge is 2.55. The number of likely N-dealkylation sites (tertiary alicyclic amines) is 1. The van der Waals surface area contributed by atoms with Gasteiger partial charge in [-0.3, -0.25) is 14.4 Å². The standard InChI is InChI=1S/C13H20N2O5/c1-8(14-9(2)16)11(17)15-5-10-6-20-4-3-13(10,7-15)12(18)19/h8,10H,3-7H2,1-2H3,(H,14,16)(H,18,19)/t8?,10-,13+/m0/s1. The van der Waals surface area contributed by atoms with Crippen molar-refractivity contribution in [3.8, 4) is 0 Å². The Bertz CT molecular complexity index is 438. The predicted octanol–water partition coefficient (Wildman–Crippen LogP) is -0.539. The van der Waals surface area contributed by atoms with Crippen LogP contribution >= 0.6 is 0 Å². The molecule has 0 saturated carbocycles. The van der Waals surface area contributed by atoms with E-state index >= 15 is 0 Å². The molecule has 2 N–H and O–H groups in total. The fourth-order valence-corrected chi connectivity index (χ4v) is 3.11. The molecule has 2 aliphatic rings. The number of hydrogen-bond donors (Lipinski definition) is 2. The normalized spacial score (nSPS) is 30.5. The van der Waals surface area contributed by atoms with Gasteiger partial charge in [0, 0.05) is 32.5 Å². The molecular formula is C13H20N2O5. The van der Waals surface area contributed by atoms with Crippen LogP contribution in [0, 0.1) is 11.3 Å². The summed E-state index contributed by atoms with van der Waals surface area (Å²) in [6, 6.07) is -0.639. The smallest absolute Gasteiger partial charge is 0.311 e. The summed E-state index contributed by atoms with van der Waals surface area (Å²) in [5, 5.41) is 12.1. The van der Waals surface area contributed by atoms with E-state index in [1.807, 2.05) is 0 Å². The minimum atomic E-state index is -0.899. The largest absolute Gasteiger partial charge is 0.481 e. The van der Waals surface area contributed by atoms with E-state index in [0.717, 1.165) is 0 Å². The first kappa shape index (κ1) is 14.8. The molecular weight excluding hydrogens is 264 g/mol. The van der Waals surface area contributed by atoms with Crippen LogP contribution in [-0.2, 0) is 19.1 Å². The summed E-state index contributed by atoms with van der Waals surface area (Å²) in [6.07, 6.45) is 0.422. The molecule has 7 nitrogen and oxygen atoms in total. The quantitative estimate of drug-likeness (QED) is 0.725. The Labute approximate surface area is 117 Å². The Morgan fingerprint density at radius 2 is 2.15 bits per heavy atom. The van der Waals surface area contributed by atoms with E-state index in [1.54, 1.807) is 6.92 Å². The molecule has 7 heteroatoms. The van der Waals surface area contributed by atoms with Crippen molar-refractivity contribution in [2.75, 3.05) is 26.3 Å². The van der Waals surface area contributed by atoms with Crippen LogP contribution < -0.4 is 5.32 Å². The maximum atomic E-state index is 12.3. The van der Waals surface area contributed by atoms with Crippen molar-refractivity contribution >= 4 is 17.8 Å². The molecule has 20 heavy (non-hydrogen) atoms. The second kappa shape index (κ2) is 5.40. The van der Waals surface area contributed by atoms with E-state index < -0.39 is 17.4 Å². The van der Waals surface area contributed by atoms with Crippen molar-refractivity contribution in [2.24, 2.45) is 11.3 Å². The molecule has 112 valence electrons. The van der Waals surface area contributed by atoms with Crippen LogP contribution in [0.15, 0.2) is 0 Å². The van der Waals surface area contributed by atoms with Crippen molar-refractivity contribution in [2.45, 2.75) is 26.3 Å². The van der Waals surface area contributed by atoms with E-state index in [0.29, 0.717) is 26.2 Å². The van der Waals surface area contributed by atoms with Gasteiger partial charge in [0.1, 0.15) is 6.04 Å². The van der Waals surface area contributed by atoms with Gasteiger partial charge in [-0.15, -0.1) is 0 Å². The highest BCUT2D eigenvalue weighted by molar-refractivity contribution is 5.88. The van der Waals surface area contributed by atoms with Gasteiger partial charge in [0.05, 0.1) is 12.0 Å². The number of nitrogens with zero attached hydrogens (tertiary/aromatic N) is 1. The zero-order chi connectivity index (χ0) is 14.9. The molecule has 0 aromatic rings. The highest BCUT2D eigenvalue weighted by Crippen LogP contribution is 2.42. The first-order valence-corrected chi connectivity index (χ1v) is 6.74. The Hall–Kier alpha value is -1.63. The van der Waals surface area contributed by atoms with Gasteiger partial charge >= 0.3 is 5.97 Å². The number of fused-ring (bicyclic) bond motifs is 1. The lowest BCUT2D eigenvalue weighted by Gasteiger charge is -2.33. The van der Waals surface area contributed by atoms with E-state index in [4.69, 9.17) is 4.74 Å². The molecule has 2 amide bonds. The minimum absolute atomic E-state index is 0.178. The van der Waals surface area contributed by atoms with Crippen LogP contribution in [0.4, 0.5) is 0 Å². The minimum Gasteiger partial charge on any atom is -0.481 e. The van der Waals surface area contributed by atoms with Gasteiger partial charge in [0.15, 0.2) is 0 Å². The summed E-state index contributed by atoms with van der Waals surface area (Å²) in [5.74, 6) is -1.57. The van der Waals surface area contributed by atoms with Crippen molar-refractivity contribution in [1.29, 1.82) is 0 Å². The number of nitrogens with one attached hydrogen (secondary N) is 1. The summed E-state index contributed by atoms with van der Waals surface area (Å²) in [6.45, 7) is 4.29. The van der Waals surface area contributed by atoms with Crippen LogP contribution in [-0.4, -0.2) is 60.1 Å². The Morgan fingerprint density at radius 1 is 1.45 bits per heavy atom. The van der Waals surface area contributed by atoms with Crippen LogP contribution in [0.1, 0.15) is 20.3 Å². The van der Waals surface area contributed by atoms with Crippen LogP contribution in [0.2, 0.25) is 0 Å². The number of hydrogen-bond acceptors (Lipinski definition) is 4. The van der Waals surface area contributed by atoms with Gasteiger partial charge in [-0.2, -0.15) is 0 Å². The molecule has 0 spiro atoms. The van der Waals surface area contributed by atoms with E-state index in [2.05, 4.69) is 5.32 Å². The number of ether oxygens (including phenoxy) is 1. The van der Waals surface area contributed by atoms with Gasteiger partial charge in [0.25, 0.3) is 0 Å². The second-order valence-corrected chi connectivity index (χ2v) is 5.62. The number of amides is 2. The number of carboxylic acids is 1. The molecule has 0 radical (unpaired) electrons. The Morgan fingerprint density at radius 3 is 2.70 bits per heavy atom. The molecule has 2 heterocycles. The van der Waals surface area contributed by atoms with Crippen LogP contribution in [0.3, 0.4) is 0 Å². The lowest BCUT2D eigenvalue weighted by molar-refractivity contribution is -0.157. The SMILES string of the molecule is CC(=O)NC(C)C(=O)N1C[C@H]2COCC[C@@]2(C(=O)O)C1. The van der Waals surface area contributed by atoms with Crippen molar-refractivity contribution in [3.05, 3.63) is 0 Å². The Kier molecular flexibility index (Phi) is 3.99. The third-order valence-corrected chi connectivity index (χ3v) is 4.23. The molecule has 3 atom stereocenters. The zero-order valence-electron chi connectivity index (χ0n) is 11.7. The number of carbonyl (C=O) groups excluding carboxylic acids is 2. The maximum absolute atomic E-state index is 12.3. The molecule has 2 fully saturated rings. The summed E-state index contributed by atoms with van der Waals surface area (Å²) in [4.78, 5) is 36.4. The number of rotatable bonds is 3. The number of aliphatic carboxylic acids is 1. The summed E-state index contributed by atoms with van der Waals surface area (Å²) in [7, 11) is 0. The first-order chi connectivity index (χ1) is 9.36. The third kappa shape index (κ3) is 2.49. The third-order valence-electron chi connectivity index (χ3n) is 4.23. The molecule has 0 aromatic heterocycles. The molecule has 1 unspecified atom stereocenters. The number of carboxylic acid groups (broad SMARTS) is 1. The van der Waals surface area contributed by atoms with E-state index in [-0.39, 0.29) is 24.3 Å². The van der Waals surface area contributed by atoms with Crippen LogP contribution in [0.25, 0.3) is 0 Å². The van der Waals surface area contributed by atoms with Gasteiger partial charge in [-0.05, 0) is 13.3 Å². The first-order valence-electron chi connectivity index (χ1n) is 6.74. The number of carbonyl (C=O) groups is 3. The molecule has 2 rings (SSSR count). The average Bonchev–Trinajstić information content (AvgIpc) is 2.77. The lowest BCUT2D eigenvalue weighted by atomic mass is 9.74. The summed E-state index contributed by atoms with van der Waals surface area (Å²) >= 11 is 0. The lowest BCUT2D eigenvalue weighted by Crippen LogP contribution is -2.47. The van der Waals surface area contributed by atoms with E-state index in [9.17, 15) is 19.5 Å². The monoisotopic (exact) mass is 284 g/mol. The van der Waals surface area contributed by atoms with Gasteiger partial charge < -0.3 is 20.1 Å². The summed E-state index contributed by atoms with van der Waals surface area (Å²) < 4.78 is 5.34. The summed E-state index contributed by atoms with van der Waals surface area (Å²) in [5.41, 5.74) is -0.899. The van der Waals surface area contributed by atoms with Crippen molar-refractivity contribution in [3.63, 3.8) is 0 Å². The predicted molar refractivity (Wildman–Crippen MR) is 68.9 cm³/mol. The highest BCUT2D eigenvalue weighted by atomic mass is 16.5. The van der Waals surface area contributed by atoms with Gasteiger partial charge in [0.2, 0.25) is 11.8 Å². The molecule has 0 aliphatic carbocycles. The second-order valence-electron chi connectivity index (χ2n) is 5.62. The molecule has 2 saturated heterocycles. The fraction of sp³-hybridized carbons (Fsp3) is 0.769. The van der Waals surface area contributed by atoms with Gasteiger partial charge in [-0.25, -0.2) is 0 Å². The molecule has 2 aliphatic heterocycles.